The third kappa shape index (κ3) is 6.26. The normalized spacial score (nSPS) is 10.6. The summed E-state index contributed by atoms with van der Waals surface area (Å²) in [5, 5.41) is 0. The Hall–Kier alpha value is -2.88. The molecule has 0 aliphatic heterocycles. The summed E-state index contributed by atoms with van der Waals surface area (Å²) in [6, 6.07) is 14.1. The number of hydrogen-bond acceptors (Lipinski definition) is 4. The van der Waals surface area contributed by atoms with Crippen LogP contribution in [0.4, 0.5) is 0 Å². The fraction of sp³-hybridized carbons (Fsp3) is 0.238. The van der Waals surface area contributed by atoms with Gasteiger partial charge in [0.1, 0.15) is 5.75 Å². The van der Waals surface area contributed by atoms with Crippen LogP contribution in [0.3, 0.4) is 0 Å². The second-order valence-corrected chi connectivity index (χ2v) is 5.68. The van der Waals surface area contributed by atoms with Gasteiger partial charge in [-0.3, -0.25) is 0 Å². The van der Waals surface area contributed by atoms with Gasteiger partial charge in [-0.1, -0.05) is 43.2 Å². The van der Waals surface area contributed by atoms with Gasteiger partial charge in [0.25, 0.3) is 0 Å². The van der Waals surface area contributed by atoms with Gasteiger partial charge in [-0.2, -0.15) is 0 Å². The van der Waals surface area contributed by atoms with Crippen molar-refractivity contribution in [3.05, 3.63) is 71.3 Å². The largest absolute Gasteiger partial charge is 0.462 e. The molecule has 0 bridgehead atoms. The standard InChI is InChI=1S/C21H22O4/c1-3-4-15-24-21(23)18-10-12-19(13-11-18)25-20(22)14-9-17-7-5-16(2)6-8-17/h5-14H,3-4,15H2,1-2H3/b14-9+. The van der Waals surface area contributed by atoms with E-state index in [-0.39, 0.29) is 5.97 Å². The zero-order valence-electron chi connectivity index (χ0n) is 14.5. The first-order valence-electron chi connectivity index (χ1n) is 8.32. The summed E-state index contributed by atoms with van der Waals surface area (Å²) in [5.74, 6) is -0.465. The number of hydrogen-bond donors (Lipinski definition) is 0. The number of aryl methyl sites for hydroxylation is 1. The van der Waals surface area contributed by atoms with Gasteiger partial charge in [0.05, 0.1) is 12.2 Å². The van der Waals surface area contributed by atoms with E-state index in [0.29, 0.717) is 17.9 Å². The summed E-state index contributed by atoms with van der Waals surface area (Å²) in [5.41, 5.74) is 2.52. The fourth-order valence-electron chi connectivity index (χ4n) is 2.04. The third-order valence-electron chi connectivity index (χ3n) is 3.53. The second-order valence-electron chi connectivity index (χ2n) is 5.68. The Labute approximate surface area is 148 Å². The Balaban J connectivity index is 1.88. The maximum absolute atomic E-state index is 11.8. The average molecular weight is 338 g/mol. The Morgan fingerprint density at radius 2 is 1.68 bits per heavy atom. The first-order chi connectivity index (χ1) is 12.1. The summed E-state index contributed by atoms with van der Waals surface area (Å²) < 4.78 is 10.3. The predicted molar refractivity (Wildman–Crippen MR) is 97.5 cm³/mol. The highest BCUT2D eigenvalue weighted by atomic mass is 16.5. The lowest BCUT2D eigenvalue weighted by Gasteiger charge is -2.05. The molecule has 0 heterocycles. The molecule has 130 valence electrons. The van der Waals surface area contributed by atoms with Crippen molar-refractivity contribution in [3.8, 4) is 5.75 Å². The van der Waals surface area contributed by atoms with Crippen LogP contribution in [0.2, 0.25) is 0 Å². The fourth-order valence-corrected chi connectivity index (χ4v) is 2.04. The van der Waals surface area contributed by atoms with Crippen LogP contribution >= 0.6 is 0 Å². The van der Waals surface area contributed by atoms with E-state index in [2.05, 4.69) is 0 Å². The zero-order valence-corrected chi connectivity index (χ0v) is 14.5. The Morgan fingerprint density at radius 1 is 1.00 bits per heavy atom. The molecule has 0 unspecified atom stereocenters. The number of carbonyl (C=O) groups excluding carboxylic acids is 2. The molecule has 0 fully saturated rings. The highest BCUT2D eigenvalue weighted by Crippen LogP contribution is 2.14. The zero-order chi connectivity index (χ0) is 18.1. The van der Waals surface area contributed by atoms with E-state index >= 15 is 0 Å². The molecule has 0 N–H and O–H groups in total. The van der Waals surface area contributed by atoms with Crippen LogP contribution in [0.15, 0.2) is 54.6 Å². The molecule has 2 aromatic carbocycles. The predicted octanol–water partition coefficient (Wildman–Crippen LogP) is 4.57. The smallest absolute Gasteiger partial charge is 0.338 e. The minimum Gasteiger partial charge on any atom is -0.462 e. The third-order valence-corrected chi connectivity index (χ3v) is 3.53. The van der Waals surface area contributed by atoms with Crippen LogP contribution < -0.4 is 4.74 Å². The monoisotopic (exact) mass is 338 g/mol. The van der Waals surface area contributed by atoms with Crippen LogP contribution in [0.5, 0.6) is 5.75 Å². The first-order valence-corrected chi connectivity index (χ1v) is 8.32. The first kappa shape index (κ1) is 18.5. The van der Waals surface area contributed by atoms with E-state index in [0.717, 1.165) is 24.0 Å². The van der Waals surface area contributed by atoms with E-state index in [1.54, 1.807) is 30.3 Å². The van der Waals surface area contributed by atoms with Crippen molar-refractivity contribution in [2.75, 3.05) is 6.61 Å². The Morgan fingerprint density at radius 3 is 2.32 bits per heavy atom. The molecular weight excluding hydrogens is 316 g/mol. The summed E-state index contributed by atoms with van der Waals surface area (Å²) in [6.07, 6.45) is 4.88. The van der Waals surface area contributed by atoms with Crippen molar-refractivity contribution >= 4 is 18.0 Å². The highest BCUT2D eigenvalue weighted by molar-refractivity contribution is 5.90. The van der Waals surface area contributed by atoms with Gasteiger partial charge in [-0.15, -0.1) is 0 Å². The van der Waals surface area contributed by atoms with Gasteiger partial charge in [-0.25, -0.2) is 9.59 Å². The number of unbranched alkanes of at least 4 members (excludes halogenated alkanes) is 1. The number of benzene rings is 2. The molecule has 2 rings (SSSR count). The number of carbonyl (C=O) groups is 2. The van der Waals surface area contributed by atoms with Gasteiger partial charge in [0.2, 0.25) is 0 Å². The van der Waals surface area contributed by atoms with Gasteiger partial charge >= 0.3 is 11.9 Å². The minimum absolute atomic E-state index is 0.370. The maximum atomic E-state index is 11.8. The summed E-state index contributed by atoms with van der Waals surface area (Å²) in [4.78, 5) is 23.6. The van der Waals surface area contributed by atoms with Crippen molar-refractivity contribution in [1.82, 2.24) is 0 Å². The lowest BCUT2D eigenvalue weighted by molar-refractivity contribution is -0.128. The SMILES string of the molecule is CCCCOC(=O)c1ccc(OC(=O)/C=C/c2ccc(C)cc2)cc1. The van der Waals surface area contributed by atoms with Crippen molar-refractivity contribution in [1.29, 1.82) is 0 Å². The molecule has 0 aliphatic rings. The van der Waals surface area contributed by atoms with Crippen LogP contribution in [-0.2, 0) is 9.53 Å². The molecule has 0 aromatic heterocycles. The number of rotatable bonds is 7. The summed E-state index contributed by atoms with van der Waals surface area (Å²) in [7, 11) is 0. The lowest BCUT2D eigenvalue weighted by Crippen LogP contribution is -2.07. The van der Waals surface area contributed by atoms with E-state index < -0.39 is 5.97 Å². The van der Waals surface area contributed by atoms with Crippen LogP contribution in [-0.4, -0.2) is 18.5 Å². The highest BCUT2D eigenvalue weighted by Gasteiger charge is 2.08. The topological polar surface area (TPSA) is 52.6 Å². The minimum atomic E-state index is -0.473. The lowest BCUT2D eigenvalue weighted by atomic mass is 10.1. The molecule has 25 heavy (non-hydrogen) atoms. The Bertz CT molecular complexity index is 727. The van der Waals surface area contributed by atoms with Gasteiger partial charge in [-0.05, 0) is 49.2 Å². The molecule has 4 nitrogen and oxygen atoms in total. The molecule has 0 saturated carbocycles. The quantitative estimate of drug-likeness (QED) is 0.321. The van der Waals surface area contributed by atoms with E-state index in [9.17, 15) is 9.59 Å². The second kappa shape index (κ2) is 9.42. The van der Waals surface area contributed by atoms with E-state index in [4.69, 9.17) is 9.47 Å². The molecular formula is C21H22O4. The number of ether oxygens (including phenoxy) is 2. The van der Waals surface area contributed by atoms with Crippen molar-refractivity contribution in [3.63, 3.8) is 0 Å². The van der Waals surface area contributed by atoms with Gasteiger partial charge in [0.15, 0.2) is 0 Å². The number of esters is 2. The van der Waals surface area contributed by atoms with Crippen molar-refractivity contribution in [2.45, 2.75) is 26.7 Å². The van der Waals surface area contributed by atoms with Crippen LogP contribution in [0.1, 0.15) is 41.3 Å². The summed E-state index contributed by atoms with van der Waals surface area (Å²) >= 11 is 0. The van der Waals surface area contributed by atoms with Gasteiger partial charge < -0.3 is 9.47 Å². The molecule has 0 aliphatic carbocycles. The summed E-state index contributed by atoms with van der Waals surface area (Å²) in [6.45, 7) is 4.45. The molecule has 0 spiro atoms. The molecule has 0 atom stereocenters. The maximum Gasteiger partial charge on any atom is 0.338 e. The van der Waals surface area contributed by atoms with Crippen LogP contribution in [0, 0.1) is 6.92 Å². The molecule has 4 heteroatoms. The van der Waals surface area contributed by atoms with Gasteiger partial charge in [0, 0.05) is 6.08 Å². The molecule has 0 saturated heterocycles. The van der Waals surface area contributed by atoms with E-state index in [1.165, 1.54) is 6.08 Å². The van der Waals surface area contributed by atoms with Crippen molar-refractivity contribution in [2.24, 2.45) is 0 Å². The molecule has 0 radical (unpaired) electrons. The van der Waals surface area contributed by atoms with Crippen molar-refractivity contribution < 1.29 is 19.1 Å². The van der Waals surface area contributed by atoms with E-state index in [1.807, 2.05) is 38.1 Å². The molecule has 2 aromatic rings. The average Bonchev–Trinajstić information content (AvgIpc) is 2.62. The van der Waals surface area contributed by atoms with Crippen LogP contribution in [0.25, 0.3) is 6.08 Å². The Kier molecular flexibility index (Phi) is 6.96. The molecule has 0 amide bonds.